The van der Waals surface area contributed by atoms with Crippen LogP contribution in [0.5, 0.6) is 0 Å². The molecular weight excluding hydrogens is 276 g/mol. The summed E-state index contributed by atoms with van der Waals surface area (Å²) in [6, 6.07) is 3.57. The zero-order valence-corrected chi connectivity index (χ0v) is 12.4. The van der Waals surface area contributed by atoms with Gasteiger partial charge in [-0.2, -0.15) is 11.8 Å². The molecule has 0 atom stereocenters. The molecular formula is C14H20N2O3S. The van der Waals surface area contributed by atoms with Gasteiger partial charge in [0.15, 0.2) is 0 Å². The van der Waals surface area contributed by atoms with Gasteiger partial charge in [0.1, 0.15) is 5.69 Å². The predicted octanol–water partition coefficient (Wildman–Crippen LogP) is 2.10. The second-order valence-electron chi connectivity index (χ2n) is 4.96. The number of hydrogen-bond donors (Lipinski definition) is 1. The molecule has 5 nitrogen and oxygen atoms in total. The van der Waals surface area contributed by atoms with E-state index in [1.54, 1.807) is 23.9 Å². The SMILES string of the molecule is CSCCC(=O)N1CCC(n2cccc2C(=O)O)CC1. The average Bonchev–Trinajstić information content (AvgIpc) is 2.94. The molecule has 1 aromatic rings. The van der Waals surface area contributed by atoms with E-state index in [2.05, 4.69) is 0 Å². The van der Waals surface area contributed by atoms with Crippen molar-refractivity contribution in [3.8, 4) is 0 Å². The van der Waals surface area contributed by atoms with Crippen LogP contribution in [-0.2, 0) is 4.79 Å². The van der Waals surface area contributed by atoms with E-state index in [-0.39, 0.29) is 11.9 Å². The van der Waals surface area contributed by atoms with Gasteiger partial charge in [-0.15, -0.1) is 0 Å². The van der Waals surface area contributed by atoms with Gasteiger partial charge < -0.3 is 14.6 Å². The third-order valence-corrected chi connectivity index (χ3v) is 4.34. The van der Waals surface area contributed by atoms with Crippen LogP contribution >= 0.6 is 11.8 Å². The summed E-state index contributed by atoms with van der Waals surface area (Å²) in [7, 11) is 0. The maximum Gasteiger partial charge on any atom is 0.352 e. The van der Waals surface area contributed by atoms with Gasteiger partial charge >= 0.3 is 5.97 Å². The molecule has 1 aliphatic rings. The molecule has 0 bridgehead atoms. The van der Waals surface area contributed by atoms with E-state index in [4.69, 9.17) is 5.11 Å². The van der Waals surface area contributed by atoms with Crippen LogP contribution in [0.4, 0.5) is 0 Å². The smallest absolute Gasteiger partial charge is 0.352 e. The van der Waals surface area contributed by atoms with Gasteiger partial charge in [0.2, 0.25) is 5.91 Å². The minimum atomic E-state index is -0.895. The standard InChI is InChI=1S/C14H20N2O3S/c1-20-10-6-13(17)15-8-4-11(5-9-15)16-7-2-3-12(16)14(18)19/h2-3,7,11H,4-6,8-10H2,1H3,(H,18,19). The lowest BCUT2D eigenvalue weighted by Gasteiger charge is -2.33. The summed E-state index contributed by atoms with van der Waals surface area (Å²) in [5, 5.41) is 9.13. The second kappa shape index (κ2) is 6.83. The molecule has 2 rings (SSSR count). The minimum absolute atomic E-state index is 0.181. The van der Waals surface area contributed by atoms with Gasteiger partial charge in [0.25, 0.3) is 0 Å². The van der Waals surface area contributed by atoms with Crippen LogP contribution in [0.15, 0.2) is 18.3 Å². The number of carbonyl (C=O) groups is 2. The van der Waals surface area contributed by atoms with E-state index in [0.717, 1.165) is 31.7 Å². The van der Waals surface area contributed by atoms with Crippen molar-refractivity contribution >= 4 is 23.6 Å². The maximum atomic E-state index is 11.9. The number of amides is 1. The number of rotatable bonds is 5. The third kappa shape index (κ3) is 3.36. The van der Waals surface area contributed by atoms with Crippen LogP contribution in [0.1, 0.15) is 35.8 Å². The zero-order valence-electron chi connectivity index (χ0n) is 11.6. The summed E-state index contributed by atoms with van der Waals surface area (Å²) in [6.07, 6.45) is 6.05. The lowest BCUT2D eigenvalue weighted by Crippen LogP contribution is -2.39. The van der Waals surface area contributed by atoms with Crippen molar-refractivity contribution in [2.24, 2.45) is 0 Å². The molecule has 0 aliphatic carbocycles. The predicted molar refractivity (Wildman–Crippen MR) is 79.2 cm³/mol. The summed E-state index contributed by atoms with van der Waals surface area (Å²) in [5.74, 6) is 0.178. The van der Waals surface area contributed by atoms with Crippen molar-refractivity contribution in [2.75, 3.05) is 25.1 Å². The molecule has 1 amide bonds. The molecule has 1 fully saturated rings. The van der Waals surface area contributed by atoms with Crippen LogP contribution in [0.2, 0.25) is 0 Å². The highest BCUT2D eigenvalue weighted by molar-refractivity contribution is 7.98. The van der Waals surface area contributed by atoms with Gasteiger partial charge in [-0.1, -0.05) is 0 Å². The Morgan fingerprint density at radius 2 is 2.10 bits per heavy atom. The van der Waals surface area contributed by atoms with Crippen molar-refractivity contribution in [3.63, 3.8) is 0 Å². The second-order valence-corrected chi connectivity index (χ2v) is 5.95. The fraction of sp³-hybridized carbons (Fsp3) is 0.571. The summed E-state index contributed by atoms with van der Waals surface area (Å²) in [6.45, 7) is 1.43. The van der Waals surface area contributed by atoms with Crippen LogP contribution in [-0.4, -0.2) is 51.5 Å². The summed E-state index contributed by atoms with van der Waals surface area (Å²) in [4.78, 5) is 25.0. The number of hydrogen-bond acceptors (Lipinski definition) is 3. The lowest BCUT2D eigenvalue weighted by atomic mass is 10.0. The molecule has 0 spiro atoms. The van der Waals surface area contributed by atoms with Gasteiger partial charge in [-0.25, -0.2) is 4.79 Å². The van der Waals surface area contributed by atoms with E-state index in [0.29, 0.717) is 12.1 Å². The quantitative estimate of drug-likeness (QED) is 0.904. The van der Waals surface area contributed by atoms with Crippen molar-refractivity contribution < 1.29 is 14.7 Å². The van der Waals surface area contributed by atoms with Gasteiger partial charge in [-0.05, 0) is 31.2 Å². The molecule has 0 aromatic carbocycles. The number of thioether (sulfide) groups is 1. The maximum absolute atomic E-state index is 11.9. The van der Waals surface area contributed by atoms with E-state index in [1.165, 1.54) is 0 Å². The fourth-order valence-corrected chi connectivity index (χ4v) is 3.01. The topological polar surface area (TPSA) is 62.5 Å². The number of likely N-dealkylation sites (tertiary alicyclic amines) is 1. The van der Waals surface area contributed by atoms with Crippen molar-refractivity contribution in [1.29, 1.82) is 0 Å². The van der Waals surface area contributed by atoms with Crippen LogP contribution in [0, 0.1) is 0 Å². The lowest BCUT2D eigenvalue weighted by molar-refractivity contribution is -0.132. The number of carboxylic acids is 1. The number of carbonyl (C=O) groups excluding carboxylic acids is 1. The monoisotopic (exact) mass is 296 g/mol. The largest absolute Gasteiger partial charge is 0.477 e. The van der Waals surface area contributed by atoms with E-state index in [9.17, 15) is 9.59 Å². The molecule has 6 heteroatoms. The molecule has 1 N–H and O–H groups in total. The molecule has 1 saturated heterocycles. The third-order valence-electron chi connectivity index (χ3n) is 3.73. The molecule has 20 heavy (non-hydrogen) atoms. The number of aromatic nitrogens is 1. The Balaban J connectivity index is 1.92. The van der Waals surface area contributed by atoms with E-state index < -0.39 is 5.97 Å². The van der Waals surface area contributed by atoms with Crippen molar-refractivity contribution in [1.82, 2.24) is 9.47 Å². The summed E-state index contributed by atoms with van der Waals surface area (Å²) in [5.41, 5.74) is 0.331. The fourth-order valence-electron chi connectivity index (χ4n) is 2.63. The first-order valence-electron chi connectivity index (χ1n) is 6.80. The Bertz CT molecular complexity index is 479. The van der Waals surface area contributed by atoms with Crippen LogP contribution < -0.4 is 0 Å². The molecule has 0 radical (unpaired) electrons. The number of aromatic carboxylic acids is 1. The summed E-state index contributed by atoms with van der Waals surface area (Å²) >= 11 is 1.68. The van der Waals surface area contributed by atoms with Gasteiger partial charge in [0.05, 0.1) is 0 Å². The molecule has 110 valence electrons. The normalized spacial score (nSPS) is 16.4. The highest BCUT2D eigenvalue weighted by Crippen LogP contribution is 2.25. The van der Waals surface area contributed by atoms with Crippen LogP contribution in [0.25, 0.3) is 0 Å². The Labute approximate surface area is 122 Å². The molecule has 0 unspecified atom stereocenters. The minimum Gasteiger partial charge on any atom is -0.477 e. The number of carboxylic acid groups (broad SMARTS) is 1. The molecule has 0 saturated carbocycles. The van der Waals surface area contributed by atoms with Crippen molar-refractivity contribution in [2.45, 2.75) is 25.3 Å². The zero-order chi connectivity index (χ0) is 14.5. The Morgan fingerprint density at radius 1 is 1.40 bits per heavy atom. The van der Waals surface area contributed by atoms with E-state index >= 15 is 0 Å². The Morgan fingerprint density at radius 3 is 2.70 bits per heavy atom. The first kappa shape index (κ1) is 15.0. The van der Waals surface area contributed by atoms with Gasteiger partial charge in [-0.3, -0.25) is 4.79 Å². The Kier molecular flexibility index (Phi) is 5.11. The molecule has 2 heterocycles. The number of nitrogens with zero attached hydrogens (tertiary/aromatic N) is 2. The van der Waals surface area contributed by atoms with Gasteiger partial charge in [0, 0.05) is 37.5 Å². The first-order valence-corrected chi connectivity index (χ1v) is 8.19. The first-order chi connectivity index (χ1) is 9.63. The molecule has 1 aromatic heterocycles. The van der Waals surface area contributed by atoms with E-state index in [1.807, 2.05) is 21.9 Å². The highest BCUT2D eigenvalue weighted by atomic mass is 32.2. The highest BCUT2D eigenvalue weighted by Gasteiger charge is 2.25. The molecule has 1 aliphatic heterocycles. The number of piperidine rings is 1. The van der Waals surface area contributed by atoms with Crippen molar-refractivity contribution in [3.05, 3.63) is 24.0 Å². The Hall–Kier alpha value is -1.43. The average molecular weight is 296 g/mol. The summed E-state index contributed by atoms with van der Waals surface area (Å²) < 4.78 is 1.83. The van der Waals surface area contributed by atoms with Crippen LogP contribution in [0.3, 0.4) is 0 Å².